The summed E-state index contributed by atoms with van der Waals surface area (Å²) in [5, 5.41) is 9.81. The number of amides is 1. The van der Waals surface area contributed by atoms with Crippen molar-refractivity contribution in [3.8, 4) is 5.75 Å². The highest BCUT2D eigenvalue weighted by Crippen LogP contribution is 2.47. The Labute approximate surface area is 117 Å². The first-order chi connectivity index (χ1) is 9.63. The van der Waals surface area contributed by atoms with Gasteiger partial charge in [-0.3, -0.25) is 4.79 Å². The minimum absolute atomic E-state index is 0.0563. The van der Waals surface area contributed by atoms with E-state index in [4.69, 9.17) is 4.74 Å². The zero-order chi connectivity index (χ0) is 14.3. The molecule has 1 unspecified atom stereocenters. The quantitative estimate of drug-likeness (QED) is 0.828. The molecule has 5 nitrogen and oxygen atoms in total. The van der Waals surface area contributed by atoms with Crippen molar-refractivity contribution in [3.05, 3.63) is 29.3 Å². The molecule has 106 valence electrons. The van der Waals surface area contributed by atoms with Gasteiger partial charge in [-0.05, 0) is 48.9 Å². The summed E-state index contributed by atoms with van der Waals surface area (Å²) in [7, 11) is 1.55. The summed E-state index contributed by atoms with van der Waals surface area (Å²) < 4.78 is 5.20. The Bertz CT molecular complexity index is 567. The number of hydrogen-bond donors (Lipinski definition) is 1. The van der Waals surface area contributed by atoms with E-state index in [0.29, 0.717) is 30.6 Å². The van der Waals surface area contributed by atoms with Crippen LogP contribution in [-0.2, 0) is 21.5 Å². The van der Waals surface area contributed by atoms with Crippen molar-refractivity contribution in [1.82, 2.24) is 4.90 Å². The Kier molecular flexibility index (Phi) is 2.92. The summed E-state index contributed by atoms with van der Waals surface area (Å²) >= 11 is 0. The maximum atomic E-state index is 12.0. The number of aryl methyl sites for hydroxylation is 1. The molecule has 20 heavy (non-hydrogen) atoms. The number of aliphatic carboxylic acids is 1. The van der Waals surface area contributed by atoms with Gasteiger partial charge in [0.25, 0.3) is 0 Å². The first-order valence-electron chi connectivity index (χ1n) is 6.78. The highest BCUT2D eigenvalue weighted by molar-refractivity contribution is 5.85. The fraction of sp³-hybridized carbons (Fsp3) is 0.467. The normalized spacial score (nSPS) is 24.1. The molecule has 0 aliphatic heterocycles. The number of carbonyl (C=O) groups excluding carboxylic acids is 1. The second kappa shape index (κ2) is 4.51. The van der Waals surface area contributed by atoms with Crippen LogP contribution in [0.15, 0.2) is 18.2 Å². The monoisotopic (exact) mass is 275 g/mol. The minimum Gasteiger partial charge on any atom is -0.497 e. The van der Waals surface area contributed by atoms with Crippen molar-refractivity contribution in [3.63, 3.8) is 0 Å². The number of methoxy groups -OCH3 is 1. The van der Waals surface area contributed by atoms with Crippen molar-refractivity contribution in [2.24, 2.45) is 0 Å². The third kappa shape index (κ3) is 1.69. The molecule has 0 saturated heterocycles. The van der Waals surface area contributed by atoms with E-state index in [0.717, 1.165) is 18.4 Å². The van der Waals surface area contributed by atoms with E-state index in [1.165, 1.54) is 4.90 Å². The van der Waals surface area contributed by atoms with Gasteiger partial charge in [-0.1, -0.05) is 6.07 Å². The van der Waals surface area contributed by atoms with Gasteiger partial charge in [0.2, 0.25) is 6.41 Å². The van der Waals surface area contributed by atoms with Gasteiger partial charge >= 0.3 is 5.97 Å². The molecular weight excluding hydrogens is 258 g/mol. The van der Waals surface area contributed by atoms with Crippen LogP contribution in [0, 0.1) is 0 Å². The van der Waals surface area contributed by atoms with Crippen LogP contribution in [0.2, 0.25) is 0 Å². The zero-order valence-electron chi connectivity index (χ0n) is 11.3. The van der Waals surface area contributed by atoms with Crippen LogP contribution in [0.4, 0.5) is 0 Å². The highest BCUT2D eigenvalue weighted by atomic mass is 16.5. The molecule has 0 radical (unpaired) electrons. The van der Waals surface area contributed by atoms with Gasteiger partial charge < -0.3 is 14.7 Å². The van der Waals surface area contributed by atoms with Gasteiger partial charge in [0.1, 0.15) is 5.75 Å². The Balaban J connectivity index is 2.14. The summed E-state index contributed by atoms with van der Waals surface area (Å²) in [6, 6.07) is 5.55. The summed E-state index contributed by atoms with van der Waals surface area (Å²) in [6.45, 7) is 0. The number of rotatable bonds is 5. The van der Waals surface area contributed by atoms with E-state index in [-0.39, 0.29) is 6.04 Å². The maximum absolute atomic E-state index is 12.0. The molecule has 1 aromatic rings. The molecule has 0 heterocycles. The standard InChI is InChI=1S/C15H17NO4/c1-20-12-5-2-10-6-7-15(14(18)19,13(10)8-12)16(9-17)11-3-4-11/h2,5,8-9,11H,3-4,6-7H2,1H3,(H,18,19). The molecule has 1 atom stereocenters. The fourth-order valence-electron chi connectivity index (χ4n) is 3.18. The average Bonchev–Trinajstić information content (AvgIpc) is 3.21. The molecule has 1 N–H and O–H groups in total. The molecule has 2 aliphatic rings. The van der Waals surface area contributed by atoms with Crippen LogP contribution in [-0.4, -0.2) is 35.5 Å². The van der Waals surface area contributed by atoms with Crippen molar-refractivity contribution < 1.29 is 19.4 Å². The Morgan fingerprint density at radius 2 is 2.25 bits per heavy atom. The SMILES string of the molecule is COc1ccc2c(c1)C(C(=O)O)(N(C=O)C1CC1)CC2. The second-order valence-electron chi connectivity index (χ2n) is 5.43. The van der Waals surface area contributed by atoms with Crippen molar-refractivity contribution in [2.45, 2.75) is 37.3 Å². The van der Waals surface area contributed by atoms with E-state index >= 15 is 0 Å². The molecule has 0 aromatic heterocycles. The topological polar surface area (TPSA) is 66.8 Å². The van der Waals surface area contributed by atoms with Crippen LogP contribution in [0.1, 0.15) is 30.4 Å². The Hall–Kier alpha value is -2.04. The molecule has 1 fully saturated rings. The summed E-state index contributed by atoms with van der Waals surface area (Å²) in [5.41, 5.74) is 0.455. The predicted molar refractivity (Wildman–Crippen MR) is 71.6 cm³/mol. The maximum Gasteiger partial charge on any atom is 0.334 e. The smallest absolute Gasteiger partial charge is 0.334 e. The van der Waals surface area contributed by atoms with Crippen molar-refractivity contribution in [2.75, 3.05) is 7.11 Å². The molecule has 1 amide bonds. The summed E-state index contributed by atoms with van der Waals surface area (Å²) in [5.74, 6) is -0.332. The molecule has 0 bridgehead atoms. The van der Waals surface area contributed by atoms with Crippen LogP contribution >= 0.6 is 0 Å². The van der Waals surface area contributed by atoms with Gasteiger partial charge in [-0.25, -0.2) is 4.79 Å². The van der Waals surface area contributed by atoms with Gasteiger partial charge in [-0.15, -0.1) is 0 Å². The predicted octanol–water partition coefficient (Wildman–Crippen LogP) is 1.54. The molecule has 0 spiro atoms. The Morgan fingerprint density at radius 3 is 2.80 bits per heavy atom. The van der Waals surface area contributed by atoms with E-state index in [2.05, 4.69) is 0 Å². The third-order valence-electron chi connectivity index (χ3n) is 4.37. The van der Waals surface area contributed by atoms with Gasteiger partial charge in [0.15, 0.2) is 5.54 Å². The lowest BCUT2D eigenvalue weighted by atomic mass is 9.89. The minimum atomic E-state index is -1.23. The van der Waals surface area contributed by atoms with E-state index in [9.17, 15) is 14.7 Å². The number of carbonyl (C=O) groups is 2. The van der Waals surface area contributed by atoms with Crippen LogP contribution in [0.5, 0.6) is 5.75 Å². The molecule has 3 rings (SSSR count). The Morgan fingerprint density at radius 1 is 1.50 bits per heavy atom. The number of carboxylic acid groups (broad SMARTS) is 1. The van der Waals surface area contributed by atoms with Crippen LogP contribution in [0.25, 0.3) is 0 Å². The van der Waals surface area contributed by atoms with E-state index in [1.807, 2.05) is 12.1 Å². The van der Waals surface area contributed by atoms with Gasteiger partial charge in [-0.2, -0.15) is 0 Å². The largest absolute Gasteiger partial charge is 0.497 e. The second-order valence-corrected chi connectivity index (χ2v) is 5.43. The number of benzene rings is 1. The first-order valence-corrected chi connectivity index (χ1v) is 6.78. The van der Waals surface area contributed by atoms with Crippen LogP contribution < -0.4 is 4.74 Å². The fourth-order valence-corrected chi connectivity index (χ4v) is 3.18. The van der Waals surface area contributed by atoms with Crippen LogP contribution in [0.3, 0.4) is 0 Å². The summed E-state index contributed by atoms with van der Waals surface area (Å²) in [6.07, 6.45) is 3.56. The molecule has 1 saturated carbocycles. The lowest BCUT2D eigenvalue weighted by Crippen LogP contribution is -2.51. The molecule has 5 heteroatoms. The lowest BCUT2D eigenvalue weighted by molar-refractivity contribution is -0.156. The number of nitrogens with zero attached hydrogens (tertiary/aromatic N) is 1. The third-order valence-corrected chi connectivity index (χ3v) is 4.37. The molecular formula is C15H17NO4. The summed E-state index contributed by atoms with van der Waals surface area (Å²) in [4.78, 5) is 25.0. The van der Waals surface area contributed by atoms with Gasteiger partial charge in [0.05, 0.1) is 7.11 Å². The van der Waals surface area contributed by atoms with Gasteiger partial charge in [0, 0.05) is 6.04 Å². The van der Waals surface area contributed by atoms with E-state index in [1.54, 1.807) is 13.2 Å². The first kappa shape index (κ1) is 13.0. The number of ether oxygens (including phenoxy) is 1. The number of fused-ring (bicyclic) bond motifs is 1. The molecule has 1 aromatic carbocycles. The molecule has 2 aliphatic carbocycles. The number of carboxylic acids is 1. The average molecular weight is 275 g/mol. The highest BCUT2D eigenvalue weighted by Gasteiger charge is 2.54. The number of hydrogen-bond acceptors (Lipinski definition) is 3. The lowest BCUT2D eigenvalue weighted by Gasteiger charge is -2.36. The van der Waals surface area contributed by atoms with E-state index < -0.39 is 11.5 Å². The van der Waals surface area contributed by atoms with Crippen molar-refractivity contribution in [1.29, 1.82) is 0 Å². The van der Waals surface area contributed by atoms with Crippen molar-refractivity contribution >= 4 is 12.4 Å². The zero-order valence-corrected chi connectivity index (χ0v) is 11.3.